The zero-order chi connectivity index (χ0) is 14.5. The molecule has 0 amide bonds. The van der Waals surface area contributed by atoms with Crippen molar-refractivity contribution >= 4 is 11.0 Å². The third-order valence-corrected chi connectivity index (χ3v) is 4.39. The second-order valence-corrected chi connectivity index (χ2v) is 6.03. The molecule has 1 atom stereocenters. The standard InChI is InChI=1S/C18H26N2O/c1-2-3-4-5-8-13-20-16-11-7-6-10-15(16)19-18(20)17-12-9-14-21-17/h6-7,10-11,17H,2-5,8-9,12-14H2,1H3. The first kappa shape index (κ1) is 14.6. The van der Waals surface area contributed by atoms with Crippen molar-refractivity contribution in [2.75, 3.05) is 6.61 Å². The van der Waals surface area contributed by atoms with E-state index in [-0.39, 0.29) is 6.10 Å². The lowest BCUT2D eigenvalue weighted by Crippen LogP contribution is -2.09. The van der Waals surface area contributed by atoms with Crippen LogP contribution in [0.15, 0.2) is 24.3 Å². The highest BCUT2D eigenvalue weighted by atomic mass is 16.5. The SMILES string of the molecule is CCCCCCCn1c(C2CCCO2)nc2ccccc21. The van der Waals surface area contributed by atoms with E-state index in [1.165, 1.54) is 37.6 Å². The van der Waals surface area contributed by atoms with E-state index in [9.17, 15) is 0 Å². The maximum Gasteiger partial charge on any atom is 0.139 e. The number of aromatic nitrogens is 2. The molecule has 1 aromatic heterocycles. The highest BCUT2D eigenvalue weighted by Gasteiger charge is 2.24. The third kappa shape index (κ3) is 3.29. The minimum absolute atomic E-state index is 0.202. The smallest absolute Gasteiger partial charge is 0.139 e. The van der Waals surface area contributed by atoms with Crippen LogP contribution in [0.2, 0.25) is 0 Å². The van der Waals surface area contributed by atoms with Crippen LogP contribution in [0.25, 0.3) is 11.0 Å². The molecule has 3 nitrogen and oxygen atoms in total. The zero-order valence-corrected chi connectivity index (χ0v) is 13.1. The lowest BCUT2D eigenvalue weighted by Gasteiger charge is -2.13. The number of ether oxygens (including phenoxy) is 1. The van der Waals surface area contributed by atoms with Crippen LogP contribution >= 0.6 is 0 Å². The Morgan fingerprint density at radius 2 is 2.05 bits per heavy atom. The fourth-order valence-corrected chi connectivity index (χ4v) is 3.23. The van der Waals surface area contributed by atoms with Crippen molar-refractivity contribution < 1.29 is 4.74 Å². The van der Waals surface area contributed by atoms with E-state index in [2.05, 4.69) is 35.8 Å². The summed E-state index contributed by atoms with van der Waals surface area (Å²) in [4.78, 5) is 4.85. The van der Waals surface area contributed by atoms with Crippen molar-refractivity contribution in [1.29, 1.82) is 0 Å². The summed E-state index contributed by atoms with van der Waals surface area (Å²) in [6.45, 7) is 4.21. The Kier molecular flexibility index (Phi) is 4.91. The van der Waals surface area contributed by atoms with Crippen molar-refractivity contribution in [3.05, 3.63) is 30.1 Å². The van der Waals surface area contributed by atoms with Gasteiger partial charge in [0, 0.05) is 13.2 Å². The average molecular weight is 286 g/mol. The molecule has 1 unspecified atom stereocenters. The van der Waals surface area contributed by atoms with E-state index in [0.29, 0.717) is 0 Å². The number of hydrogen-bond acceptors (Lipinski definition) is 2. The Morgan fingerprint density at radius 1 is 1.19 bits per heavy atom. The molecule has 114 valence electrons. The topological polar surface area (TPSA) is 27.1 Å². The third-order valence-electron chi connectivity index (χ3n) is 4.39. The maximum atomic E-state index is 5.87. The molecular formula is C18H26N2O. The molecule has 0 N–H and O–H groups in total. The predicted octanol–water partition coefficient (Wildman–Crippen LogP) is 4.86. The lowest BCUT2D eigenvalue weighted by molar-refractivity contribution is 0.102. The monoisotopic (exact) mass is 286 g/mol. The second-order valence-electron chi connectivity index (χ2n) is 6.03. The lowest BCUT2D eigenvalue weighted by atomic mass is 10.1. The molecule has 3 heteroatoms. The van der Waals surface area contributed by atoms with Gasteiger partial charge in [-0.2, -0.15) is 0 Å². The highest BCUT2D eigenvalue weighted by molar-refractivity contribution is 5.76. The minimum Gasteiger partial charge on any atom is -0.370 e. The van der Waals surface area contributed by atoms with Crippen molar-refractivity contribution in [3.63, 3.8) is 0 Å². The van der Waals surface area contributed by atoms with Crippen molar-refractivity contribution in [2.45, 2.75) is 64.5 Å². The molecular weight excluding hydrogens is 260 g/mol. The van der Waals surface area contributed by atoms with E-state index < -0.39 is 0 Å². The minimum atomic E-state index is 0.202. The van der Waals surface area contributed by atoms with Crippen molar-refractivity contribution in [2.24, 2.45) is 0 Å². The van der Waals surface area contributed by atoms with Gasteiger partial charge in [0.1, 0.15) is 11.9 Å². The van der Waals surface area contributed by atoms with Gasteiger partial charge in [0.25, 0.3) is 0 Å². The van der Waals surface area contributed by atoms with E-state index >= 15 is 0 Å². The summed E-state index contributed by atoms with van der Waals surface area (Å²) in [6, 6.07) is 8.48. The molecule has 0 bridgehead atoms. The molecule has 21 heavy (non-hydrogen) atoms. The number of aryl methyl sites for hydroxylation is 1. The van der Waals surface area contributed by atoms with Gasteiger partial charge in [0.05, 0.1) is 11.0 Å². The first-order valence-electron chi connectivity index (χ1n) is 8.47. The van der Waals surface area contributed by atoms with Gasteiger partial charge in [-0.05, 0) is 31.4 Å². The van der Waals surface area contributed by atoms with E-state index in [1.807, 2.05) is 0 Å². The van der Waals surface area contributed by atoms with E-state index in [1.54, 1.807) is 0 Å². The van der Waals surface area contributed by atoms with Crippen molar-refractivity contribution in [1.82, 2.24) is 9.55 Å². The largest absolute Gasteiger partial charge is 0.370 e. The summed E-state index contributed by atoms with van der Waals surface area (Å²) in [5.41, 5.74) is 2.37. The normalized spacial score (nSPS) is 18.6. The van der Waals surface area contributed by atoms with Crippen LogP contribution in [0.5, 0.6) is 0 Å². The molecule has 0 radical (unpaired) electrons. The van der Waals surface area contributed by atoms with Gasteiger partial charge in [-0.25, -0.2) is 4.98 Å². The quantitative estimate of drug-likeness (QED) is 0.680. The second kappa shape index (κ2) is 7.08. The summed E-state index contributed by atoms with van der Waals surface area (Å²) in [7, 11) is 0. The fourth-order valence-electron chi connectivity index (χ4n) is 3.23. The van der Waals surface area contributed by atoms with E-state index in [0.717, 1.165) is 37.3 Å². The molecule has 1 saturated heterocycles. The van der Waals surface area contributed by atoms with Crippen LogP contribution in [0, 0.1) is 0 Å². The van der Waals surface area contributed by atoms with Gasteiger partial charge in [0.2, 0.25) is 0 Å². The van der Waals surface area contributed by atoms with Gasteiger partial charge < -0.3 is 9.30 Å². The number of rotatable bonds is 7. The average Bonchev–Trinajstić information content (AvgIpc) is 3.14. The van der Waals surface area contributed by atoms with E-state index in [4.69, 9.17) is 9.72 Å². The molecule has 2 aromatic rings. The number of hydrogen-bond donors (Lipinski definition) is 0. The molecule has 1 fully saturated rings. The summed E-state index contributed by atoms with van der Waals surface area (Å²) in [5.74, 6) is 1.14. The molecule has 2 heterocycles. The molecule has 0 saturated carbocycles. The number of nitrogens with zero attached hydrogens (tertiary/aromatic N) is 2. The summed E-state index contributed by atoms with van der Waals surface area (Å²) in [6.07, 6.45) is 9.01. The maximum absolute atomic E-state index is 5.87. The number of para-hydroxylation sites is 2. The van der Waals surface area contributed by atoms with Gasteiger partial charge in [-0.15, -0.1) is 0 Å². The number of benzene rings is 1. The molecule has 0 aliphatic carbocycles. The highest BCUT2D eigenvalue weighted by Crippen LogP contribution is 2.30. The van der Waals surface area contributed by atoms with Crippen LogP contribution in [0.3, 0.4) is 0 Å². The van der Waals surface area contributed by atoms with Crippen LogP contribution in [0.1, 0.15) is 63.8 Å². The number of fused-ring (bicyclic) bond motifs is 1. The Bertz CT molecular complexity index is 570. The van der Waals surface area contributed by atoms with Crippen LogP contribution in [0.4, 0.5) is 0 Å². The Morgan fingerprint density at radius 3 is 2.86 bits per heavy atom. The number of unbranched alkanes of at least 4 members (excludes halogenated alkanes) is 4. The Balaban J connectivity index is 1.78. The van der Waals surface area contributed by atoms with Gasteiger partial charge in [-0.1, -0.05) is 44.7 Å². The Labute approximate surface area is 127 Å². The first-order chi connectivity index (χ1) is 10.4. The number of imidazole rings is 1. The van der Waals surface area contributed by atoms with Gasteiger partial charge in [0.15, 0.2) is 0 Å². The molecule has 3 rings (SSSR count). The first-order valence-corrected chi connectivity index (χ1v) is 8.47. The predicted molar refractivity (Wildman–Crippen MR) is 86.4 cm³/mol. The van der Waals surface area contributed by atoms with Crippen molar-refractivity contribution in [3.8, 4) is 0 Å². The zero-order valence-electron chi connectivity index (χ0n) is 13.1. The molecule has 0 spiro atoms. The molecule has 1 aliphatic rings. The fraction of sp³-hybridized carbons (Fsp3) is 0.611. The molecule has 1 aliphatic heterocycles. The summed E-state index contributed by atoms with van der Waals surface area (Å²) >= 11 is 0. The summed E-state index contributed by atoms with van der Waals surface area (Å²) < 4.78 is 8.27. The summed E-state index contributed by atoms with van der Waals surface area (Å²) in [5, 5.41) is 0. The Hall–Kier alpha value is -1.35. The van der Waals surface area contributed by atoms with Gasteiger partial charge >= 0.3 is 0 Å². The van der Waals surface area contributed by atoms with Crippen LogP contribution < -0.4 is 0 Å². The van der Waals surface area contributed by atoms with Crippen LogP contribution in [-0.4, -0.2) is 16.2 Å². The van der Waals surface area contributed by atoms with Crippen LogP contribution in [-0.2, 0) is 11.3 Å². The molecule has 1 aromatic carbocycles. The van der Waals surface area contributed by atoms with Gasteiger partial charge in [-0.3, -0.25) is 0 Å².